The van der Waals surface area contributed by atoms with Gasteiger partial charge in [0.2, 0.25) is 0 Å². The first-order valence-electron chi connectivity index (χ1n) is 2.78. The molecule has 0 aromatic carbocycles. The van der Waals surface area contributed by atoms with Crippen molar-refractivity contribution in [1.82, 2.24) is 10.2 Å². The molecule has 0 saturated carbocycles. The molecule has 0 aliphatic heterocycles. The van der Waals surface area contributed by atoms with Gasteiger partial charge in [-0.1, -0.05) is 0 Å². The van der Waals surface area contributed by atoms with Gasteiger partial charge in [-0.3, -0.25) is 0 Å². The predicted octanol–water partition coefficient (Wildman–Crippen LogP) is 1.75. The second-order valence-corrected chi connectivity index (χ2v) is 4.06. The lowest BCUT2D eigenvalue weighted by Gasteiger charge is -1.95. The van der Waals surface area contributed by atoms with E-state index in [1.54, 1.807) is 0 Å². The Morgan fingerprint density at radius 3 is 2.73 bits per heavy atom. The summed E-state index contributed by atoms with van der Waals surface area (Å²) in [6.07, 6.45) is 0.336. The minimum atomic E-state index is 0.336. The molecule has 1 aromatic rings. The van der Waals surface area contributed by atoms with E-state index in [2.05, 4.69) is 55.4 Å². The van der Waals surface area contributed by atoms with Gasteiger partial charge in [-0.2, -0.15) is 10.4 Å². The third-order valence-corrected chi connectivity index (χ3v) is 2.50. The summed E-state index contributed by atoms with van der Waals surface area (Å²) in [7, 11) is 0. The van der Waals surface area contributed by atoms with Crippen LogP contribution in [0, 0.1) is 18.6 Å². The Morgan fingerprint density at radius 2 is 2.18 bits per heavy atom. The minimum absolute atomic E-state index is 0.336. The predicted molar refractivity (Wildman–Crippen MR) is 56.8 cm³/mol. The van der Waals surface area contributed by atoms with Crippen LogP contribution in [0.25, 0.3) is 0 Å². The zero-order valence-corrected chi connectivity index (χ0v) is 9.70. The molecule has 1 aromatic heterocycles. The van der Waals surface area contributed by atoms with E-state index in [4.69, 9.17) is 5.26 Å². The van der Waals surface area contributed by atoms with Crippen LogP contribution < -0.4 is 0 Å². The van der Waals surface area contributed by atoms with Gasteiger partial charge in [0.05, 0.1) is 18.2 Å². The fraction of sp³-hybridized carbons (Fsp3) is 0.167. The average molecular weight is 371 g/mol. The molecule has 0 aliphatic rings. The maximum atomic E-state index is 8.39. The third-order valence-electron chi connectivity index (χ3n) is 1.03. The summed E-state index contributed by atoms with van der Waals surface area (Å²) >= 11 is 4.24. The van der Waals surface area contributed by atoms with E-state index in [9.17, 15) is 0 Å². The topological polar surface area (TPSA) is 49.6 Å². The summed E-state index contributed by atoms with van der Waals surface area (Å²) in [6.45, 7) is 0. The van der Waals surface area contributed by atoms with Gasteiger partial charge in [-0.25, -0.2) is 0 Å². The van der Waals surface area contributed by atoms with Crippen molar-refractivity contribution in [3.05, 3.63) is 19.0 Å². The van der Waals surface area contributed by atoms with E-state index in [0.717, 1.165) is 13.0 Å². The van der Waals surface area contributed by atoms with Gasteiger partial charge in [-0.15, -0.1) is 5.10 Å². The molecule has 0 fully saturated rings. The van der Waals surface area contributed by atoms with E-state index in [0.29, 0.717) is 6.42 Å². The molecule has 0 unspecified atom stereocenters. The highest BCUT2D eigenvalue weighted by Gasteiger charge is 2.01. The molecule has 0 bridgehead atoms. The van der Waals surface area contributed by atoms with Gasteiger partial charge in [0.15, 0.2) is 0 Å². The largest absolute Gasteiger partial charge is 0.198 e. The van der Waals surface area contributed by atoms with E-state index in [-0.39, 0.29) is 0 Å². The molecule has 0 saturated heterocycles. The van der Waals surface area contributed by atoms with E-state index < -0.39 is 0 Å². The molecule has 0 radical (unpaired) electrons. The van der Waals surface area contributed by atoms with Crippen LogP contribution in [0.2, 0.25) is 0 Å². The molecule has 1 rings (SSSR count). The molecule has 5 heteroatoms. The highest BCUT2D eigenvalue weighted by atomic mass is 127. The van der Waals surface area contributed by atoms with Crippen LogP contribution in [-0.2, 0) is 6.42 Å². The molecule has 1 heterocycles. The summed E-state index contributed by atoms with van der Waals surface area (Å²) in [5.41, 5.74) is 0.758. The standard InChI is InChI=1S/C6H3I2N3/c7-4-3-6(8)11-10-5(4)1-2-9/h3H,1H2. The Labute approximate surface area is 91.5 Å². The van der Waals surface area contributed by atoms with Gasteiger partial charge in [0.1, 0.15) is 3.70 Å². The van der Waals surface area contributed by atoms with Gasteiger partial charge in [0, 0.05) is 3.57 Å². The molecule has 56 valence electrons. The zero-order valence-electron chi connectivity index (χ0n) is 5.38. The first-order valence-corrected chi connectivity index (χ1v) is 4.94. The molecule has 11 heavy (non-hydrogen) atoms. The van der Waals surface area contributed by atoms with Crippen LogP contribution in [0.15, 0.2) is 6.07 Å². The Morgan fingerprint density at radius 1 is 1.45 bits per heavy atom. The van der Waals surface area contributed by atoms with Crippen LogP contribution in [0.3, 0.4) is 0 Å². The number of hydrogen-bond donors (Lipinski definition) is 0. The second-order valence-electron chi connectivity index (χ2n) is 1.80. The van der Waals surface area contributed by atoms with Crippen LogP contribution >= 0.6 is 45.2 Å². The summed E-state index contributed by atoms with van der Waals surface area (Å²) in [5.74, 6) is 0. The fourth-order valence-electron chi connectivity index (χ4n) is 0.567. The lowest BCUT2D eigenvalue weighted by molar-refractivity contribution is 0.921. The lowest BCUT2D eigenvalue weighted by atomic mass is 10.3. The first kappa shape index (κ1) is 9.12. The maximum Gasteiger partial charge on any atom is 0.125 e. The molecule has 0 amide bonds. The van der Waals surface area contributed by atoms with E-state index >= 15 is 0 Å². The van der Waals surface area contributed by atoms with Gasteiger partial charge >= 0.3 is 0 Å². The lowest BCUT2D eigenvalue weighted by Crippen LogP contribution is -1.96. The fourth-order valence-corrected chi connectivity index (χ4v) is 2.18. The Hall–Kier alpha value is 0.0300. The molecule has 0 N–H and O–H groups in total. The van der Waals surface area contributed by atoms with Crippen molar-refractivity contribution in [3.8, 4) is 6.07 Å². The number of nitrogens with zero attached hydrogens (tertiary/aromatic N) is 3. The highest BCUT2D eigenvalue weighted by Crippen LogP contribution is 2.11. The van der Waals surface area contributed by atoms with Crippen LogP contribution in [0.1, 0.15) is 5.69 Å². The van der Waals surface area contributed by atoms with E-state index in [1.807, 2.05) is 12.1 Å². The quantitative estimate of drug-likeness (QED) is 0.708. The number of halogens is 2. The summed E-state index contributed by atoms with van der Waals surface area (Å²) in [4.78, 5) is 0. The summed E-state index contributed by atoms with van der Waals surface area (Å²) in [6, 6.07) is 3.94. The maximum absolute atomic E-state index is 8.39. The van der Waals surface area contributed by atoms with Crippen molar-refractivity contribution in [3.63, 3.8) is 0 Å². The average Bonchev–Trinajstić information content (AvgIpc) is 1.95. The van der Waals surface area contributed by atoms with Crippen molar-refractivity contribution >= 4 is 45.2 Å². The number of hydrogen-bond acceptors (Lipinski definition) is 3. The Bertz CT molecular complexity index is 305. The van der Waals surface area contributed by atoms with Crippen molar-refractivity contribution in [2.75, 3.05) is 0 Å². The van der Waals surface area contributed by atoms with Crippen molar-refractivity contribution < 1.29 is 0 Å². The second kappa shape index (κ2) is 4.15. The molecular weight excluding hydrogens is 368 g/mol. The number of aromatic nitrogens is 2. The molecule has 0 atom stereocenters. The summed E-state index contributed by atoms with van der Waals surface area (Å²) in [5, 5.41) is 16.1. The molecule has 3 nitrogen and oxygen atoms in total. The normalized spacial score (nSPS) is 9.18. The Balaban J connectivity index is 3.01. The third kappa shape index (κ3) is 2.52. The van der Waals surface area contributed by atoms with Crippen molar-refractivity contribution in [2.24, 2.45) is 0 Å². The minimum Gasteiger partial charge on any atom is -0.198 e. The van der Waals surface area contributed by atoms with Gasteiger partial charge in [-0.05, 0) is 51.2 Å². The number of rotatable bonds is 1. The summed E-state index contributed by atoms with van der Waals surface area (Å²) < 4.78 is 1.86. The SMILES string of the molecule is N#CCc1nnc(I)cc1I. The number of nitriles is 1. The van der Waals surface area contributed by atoms with Crippen molar-refractivity contribution in [1.29, 1.82) is 5.26 Å². The van der Waals surface area contributed by atoms with Crippen LogP contribution in [0.4, 0.5) is 0 Å². The van der Waals surface area contributed by atoms with Crippen LogP contribution in [-0.4, -0.2) is 10.2 Å². The molecular formula is C6H3I2N3. The zero-order chi connectivity index (χ0) is 8.27. The van der Waals surface area contributed by atoms with Crippen LogP contribution in [0.5, 0.6) is 0 Å². The molecule has 0 aliphatic carbocycles. The van der Waals surface area contributed by atoms with Crippen molar-refractivity contribution in [2.45, 2.75) is 6.42 Å². The first-order chi connectivity index (χ1) is 5.24. The smallest absolute Gasteiger partial charge is 0.125 e. The van der Waals surface area contributed by atoms with Gasteiger partial charge < -0.3 is 0 Å². The monoisotopic (exact) mass is 371 g/mol. The molecule has 0 spiro atoms. The van der Waals surface area contributed by atoms with Gasteiger partial charge in [0.25, 0.3) is 0 Å². The Kier molecular flexibility index (Phi) is 3.45. The van der Waals surface area contributed by atoms with E-state index in [1.165, 1.54) is 0 Å². The highest BCUT2D eigenvalue weighted by molar-refractivity contribution is 14.1.